The Kier molecular flexibility index (Phi) is 7.26. The van der Waals surface area contributed by atoms with Crippen molar-refractivity contribution in [2.75, 3.05) is 6.61 Å². The molecule has 0 aliphatic heterocycles. The van der Waals surface area contributed by atoms with Crippen molar-refractivity contribution < 1.29 is 9.53 Å². The van der Waals surface area contributed by atoms with Crippen LogP contribution in [0.2, 0.25) is 5.02 Å². The zero-order valence-corrected chi connectivity index (χ0v) is 17.6. The number of ether oxygens (including phenoxy) is 1. The van der Waals surface area contributed by atoms with Crippen LogP contribution in [0.4, 0.5) is 0 Å². The van der Waals surface area contributed by atoms with E-state index in [1.54, 1.807) is 12.1 Å². The Morgan fingerprint density at radius 2 is 1.69 bits per heavy atom. The first kappa shape index (κ1) is 20.9. The summed E-state index contributed by atoms with van der Waals surface area (Å²) < 4.78 is 5.83. The first-order valence-electron chi connectivity index (χ1n) is 9.77. The van der Waals surface area contributed by atoms with Gasteiger partial charge in [0, 0.05) is 10.6 Å². The molecule has 0 N–H and O–H groups in total. The highest BCUT2D eigenvalue weighted by Gasteiger charge is 2.05. The lowest BCUT2D eigenvalue weighted by molar-refractivity contribution is 0.112. The maximum atomic E-state index is 10.7. The minimum atomic E-state index is 0.602. The molecule has 0 saturated carbocycles. The lowest BCUT2D eigenvalue weighted by Crippen LogP contribution is -1.98. The molecule has 0 heterocycles. The molecule has 0 fully saturated rings. The molecule has 3 heteroatoms. The zero-order chi connectivity index (χ0) is 20.6. The second-order valence-corrected chi connectivity index (χ2v) is 7.60. The van der Waals surface area contributed by atoms with E-state index in [2.05, 4.69) is 44.2 Å². The van der Waals surface area contributed by atoms with E-state index in [4.69, 9.17) is 16.3 Å². The second kappa shape index (κ2) is 10.1. The first-order valence-corrected chi connectivity index (χ1v) is 10.1. The molecule has 0 atom stereocenters. The number of hydrogen-bond donors (Lipinski definition) is 0. The van der Waals surface area contributed by atoms with E-state index in [1.165, 1.54) is 22.3 Å². The minimum Gasteiger partial charge on any atom is -0.494 e. The highest BCUT2D eigenvalue weighted by atomic mass is 35.5. The lowest BCUT2D eigenvalue weighted by Gasteiger charge is -2.11. The van der Waals surface area contributed by atoms with Gasteiger partial charge in [-0.1, -0.05) is 48.0 Å². The standard InChI is InChI=1S/C26H25ClO2/c1-19-8-9-22(15-20(19)2)16-23(24-5-3-7-25(27)17-24)6-4-14-29-26-12-10-21(18-28)11-13-26/h3,5,7-13,15-18H,4,6,14H2,1-2H3. The number of benzene rings is 3. The van der Waals surface area contributed by atoms with Gasteiger partial charge in [0.1, 0.15) is 12.0 Å². The molecule has 29 heavy (non-hydrogen) atoms. The summed E-state index contributed by atoms with van der Waals surface area (Å²) in [5.41, 5.74) is 6.78. The number of aldehydes is 1. The average Bonchev–Trinajstić information content (AvgIpc) is 2.73. The number of carbonyl (C=O) groups excluding carboxylic acids is 1. The van der Waals surface area contributed by atoms with Gasteiger partial charge in [-0.25, -0.2) is 0 Å². The van der Waals surface area contributed by atoms with Gasteiger partial charge in [0.25, 0.3) is 0 Å². The minimum absolute atomic E-state index is 0.602. The molecule has 0 unspecified atom stereocenters. The summed E-state index contributed by atoms with van der Waals surface area (Å²) in [7, 11) is 0. The van der Waals surface area contributed by atoms with Gasteiger partial charge in [0.05, 0.1) is 6.61 Å². The highest BCUT2D eigenvalue weighted by Crippen LogP contribution is 2.26. The van der Waals surface area contributed by atoms with Crippen LogP contribution >= 0.6 is 11.6 Å². The van der Waals surface area contributed by atoms with Crippen LogP contribution in [0, 0.1) is 13.8 Å². The molecule has 148 valence electrons. The van der Waals surface area contributed by atoms with Crippen molar-refractivity contribution in [3.8, 4) is 5.75 Å². The van der Waals surface area contributed by atoms with Gasteiger partial charge in [-0.2, -0.15) is 0 Å². The molecule has 3 rings (SSSR count). The summed E-state index contributed by atoms with van der Waals surface area (Å²) in [5.74, 6) is 0.776. The predicted molar refractivity (Wildman–Crippen MR) is 122 cm³/mol. The smallest absolute Gasteiger partial charge is 0.150 e. The van der Waals surface area contributed by atoms with E-state index >= 15 is 0 Å². The van der Waals surface area contributed by atoms with Crippen molar-refractivity contribution in [1.29, 1.82) is 0 Å². The van der Waals surface area contributed by atoms with Crippen LogP contribution in [0.3, 0.4) is 0 Å². The molecule has 0 amide bonds. The topological polar surface area (TPSA) is 26.3 Å². The van der Waals surface area contributed by atoms with Gasteiger partial charge in [-0.15, -0.1) is 0 Å². The van der Waals surface area contributed by atoms with Crippen LogP contribution in [0.5, 0.6) is 5.75 Å². The van der Waals surface area contributed by atoms with Crippen molar-refractivity contribution in [3.63, 3.8) is 0 Å². The van der Waals surface area contributed by atoms with Gasteiger partial charge in [-0.05, 0) is 90.9 Å². The van der Waals surface area contributed by atoms with E-state index < -0.39 is 0 Å². The number of rotatable bonds is 8. The van der Waals surface area contributed by atoms with E-state index in [1.807, 2.05) is 30.3 Å². The van der Waals surface area contributed by atoms with Crippen molar-refractivity contribution in [2.24, 2.45) is 0 Å². The van der Waals surface area contributed by atoms with E-state index in [0.717, 1.165) is 35.5 Å². The van der Waals surface area contributed by atoms with Crippen LogP contribution in [0.25, 0.3) is 11.6 Å². The van der Waals surface area contributed by atoms with Crippen LogP contribution < -0.4 is 4.74 Å². The molecule has 3 aromatic rings. The number of hydrogen-bond acceptors (Lipinski definition) is 2. The summed E-state index contributed by atoms with van der Waals surface area (Å²) in [6, 6.07) is 21.7. The number of carbonyl (C=O) groups is 1. The van der Waals surface area contributed by atoms with Gasteiger partial charge in [0.15, 0.2) is 0 Å². The molecule has 2 nitrogen and oxygen atoms in total. The molecule has 0 saturated heterocycles. The van der Waals surface area contributed by atoms with Crippen molar-refractivity contribution in [3.05, 3.63) is 99.6 Å². The zero-order valence-electron chi connectivity index (χ0n) is 16.8. The lowest BCUT2D eigenvalue weighted by atomic mass is 9.97. The largest absolute Gasteiger partial charge is 0.494 e. The van der Waals surface area contributed by atoms with Gasteiger partial charge in [-0.3, -0.25) is 4.79 Å². The SMILES string of the molecule is Cc1ccc(C=C(CCCOc2ccc(C=O)cc2)c2cccc(Cl)c2)cc1C. The van der Waals surface area contributed by atoms with Crippen molar-refractivity contribution in [1.82, 2.24) is 0 Å². The molecule has 0 aromatic heterocycles. The third-order valence-electron chi connectivity index (χ3n) is 4.94. The fourth-order valence-corrected chi connectivity index (χ4v) is 3.33. The Balaban J connectivity index is 1.71. The molecule has 0 radical (unpaired) electrons. The summed E-state index contributed by atoms with van der Waals surface area (Å²) in [5, 5.41) is 0.736. The summed E-state index contributed by atoms with van der Waals surface area (Å²) in [6.45, 7) is 4.86. The summed E-state index contributed by atoms with van der Waals surface area (Å²) >= 11 is 6.23. The molecule has 0 spiro atoms. The third-order valence-corrected chi connectivity index (χ3v) is 5.18. The van der Waals surface area contributed by atoms with Gasteiger partial charge >= 0.3 is 0 Å². The first-order chi connectivity index (χ1) is 14.0. The molecule has 3 aromatic carbocycles. The quantitative estimate of drug-likeness (QED) is 0.226. The van der Waals surface area contributed by atoms with E-state index in [-0.39, 0.29) is 0 Å². The van der Waals surface area contributed by atoms with Crippen LogP contribution in [-0.2, 0) is 0 Å². The average molecular weight is 405 g/mol. The Labute approximate surface area is 177 Å². The maximum Gasteiger partial charge on any atom is 0.150 e. The number of allylic oxidation sites excluding steroid dienone is 1. The Morgan fingerprint density at radius 1 is 0.931 bits per heavy atom. The normalized spacial score (nSPS) is 11.3. The molecule has 0 bridgehead atoms. The summed E-state index contributed by atoms with van der Waals surface area (Å²) in [4.78, 5) is 10.7. The Hall–Kier alpha value is -2.84. The predicted octanol–water partition coefficient (Wildman–Crippen LogP) is 7.17. The monoisotopic (exact) mass is 404 g/mol. The van der Waals surface area contributed by atoms with Crippen molar-refractivity contribution in [2.45, 2.75) is 26.7 Å². The van der Waals surface area contributed by atoms with Crippen LogP contribution in [0.1, 0.15) is 45.5 Å². The van der Waals surface area contributed by atoms with Gasteiger partial charge in [0.2, 0.25) is 0 Å². The number of aryl methyl sites for hydroxylation is 2. The van der Waals surface area contributed by atoms with E-state index in [9.17, 15) is 4.79 Å². The fraction of sp³-hybridized carbons (Fsp3) is 0.192. The van der Waals surface area contributed by atoms with Crippen molar-refractivity contribution >= 4 is 29.5 Å². The summed E-state index contributed by atoms with van der Waals surface area (Å²) in [6.07, 6.45) is 4.81. The highest BCUT2D eigenvalue weighted by molar-refractivity contribution is 6.30. The Bertz CT molecular complexity index is 1000. The maximum absolute atomic E-state index is 10.7. The number of halogens is 1. The van der Waals surface area contributed by atoms with Crippen LogP contribution in [0.15, 0.2) is 66.7 Å². The second-order valence-electron chi connectivity index (χ2n) is 7.16. The van der Waals surface area contributed by atoms with Gasteiger partial charge < -0.3 is 4.74 Å². The molecular formula is C26H25ClO2. The van der Waals surface area contributed by atoms with E-state index in [0.29, 0.717) is 12.2 Å². The molecular weight excluding hydrogens is 380 g/mol. The fourth-order valence-electron chi connectivity index (χ4n) is 3.14. The Morgan fingerprint density at radius 3 is 2.38 bits per heavy atom. The molecule has 0 aliphatic carbocycles. The van der Waals surface area contributed by atoms with Crippen LogP contribution in [-0.4, -0.2) is 12.9 Å². The molecule has 0 aliphatic rings. The third kappa shape index (κ3) is 6.07.